The number of sulfonamides is 1. The molecule has 0 spiro atoms. The molecule has 1 aliphatic heterocycles. The first-order valence-electron chi connectivity index (χ1n) is 8.52. The number of methoxy groups -OCH3 is 1. The van der Waals surface area contributed by atoms with E-state index in [0.717, 1.165) is 12.5 Å². The number of ether oxygens (including phenoxy) is 2. The molecule has 0 aromatic heterocycles. The summed E-state index contributed by atoms with van der Waals surface area (Å²) in [5.74, 6) is 0.849. The van der Waals surface area contributed by atoms with Crippen molar-refractivity contribution in [1.29, 1.82) is 0 Å². The van der Waals surface area contributed by atoms with Gasteiger partial charge in [-0.15, -0.1) is 0 Å². The highest BCUT2D eigenvalue weighted by atomic mass is 32.2. The molecule has 0 saturated carbocycles. The fourth-order valence-corrected chi connectivity index (χ4v) is 3.65. The average molecular weight is 365 g/mol. The summed E-state index contributed by atoms with van der Waals surface area (Å²) in [5.41, 5.74) is 0. The zero-order valence-corrected chi connectivity index (χ0v) is 16.1. The lowest BCUT2D eigenvalue weighted by molar-refractivity contribution is 0.0904. The summed E-state index contributed by atoms with van der Waals surface area (Å²) in [7, 11) is -1.61. The van der Waals surface area contributed by atoms with Crippen LogP contribution in [0.5, 0.6) is 0 Å². The van der Waals surface area contributed by atoms with Crippen LogP contribution in [0.3, 0.4) is 0 Å². The van der Waals surface area contributed by atoms with Crippen LogP contribution in [0.15, 0.2) is 4.99 Å². The highest BCUT2D eigenvalue weighted by Crippen LogP contribution is 2.09. The maximum absolute atomic E-state index is 12.3. The van der Waals surface area contributed by atoms with Crippen LogP contribution in [0.25, 0.3) is 0 Å². The van der Waals surface area contributed by atoms with E-state index in [2.05, 4.69) is 15.2 Å². The minimum absolute atomic E-state index is 0.0349. The molecule has 0 radical (unpaired) electrons. The Hall–Kier alpha value is -0.900. The third kappa shape index (κ3) is 7.33. The highest BCUT2D eigenvalue weighted by Gasteiger charge is 2.27. The largest absolute Gasteiger partial charge is 0.383 e. The maximum atomic E-state index is 12.3. The SMILES string of the molecule is CCNC(=NCCOC)N1CCN(S(=O)(=O)CCOC(C)C)CC1. The summed E-state index contributed by atoms with van der Waals surface area (Å²) >= 11 is 0. The van der Waals surface area contributed by atoms with Gasteiger partial charge in [0.05, 0.1) is 31.6 Å². The number of piperazine rings is 1. The summed E-state index contributed by atoms with van der Waals surface area (Å²) in [6.07, 6.45) is 0.0445. The van der Waals surface area contributed by atoms with Crippen molar-refractivity contribution in [2.24, 2.45) is 4.99 Å². The number of rotatable bonds is 9. The van der Waals surface area contributed by atoms with Gasteiger partial charge in [-0.05, 0) is 20.8 Å². The lowest BCUT2D eigenvalue weighted by Gasteiger charge is -2.35. The Labute approximate surface area is 146 Å². The Bertz CT molecular complexity index is 474. The first kappa shape index (κ1) is 21.1. The van der Waals surface area contributed by atoms with Crippen molar-refractivity contribution in [2.45, 2.75) is 26.9 Å². The zero-order valence-electron chi connectivity index (χ0n) is 15.3. The van der Waals surface area contributed by atoms with E-state index in [1.165, 1.54) is 0 Å². The van der Waals surface area contributed by atoms with E-state index >= 15 is 0 Å². The minimum Gasteiger partial charge on any atom is -0.383 e. The number of guanidine groups is 1. The molecule has 0 aromatic carbocycles. The van der Waals surface area contributed by atoms with Crippen molar-refractivity contribution >= 4 is 16.0 Å². The summed E-state index contributed by atoms with van der Waals surface area (Å²) < 4.78 is 36.6. The Morgan fingerprint density at radius 1 is 1.21 bits per heavy atom. The summed E-state index contributed by atoms with van der Waals surface area (Å²) in [6, 6.07) is 0. The average Bonchev–Trinajstić information content (AvgIpc) is 2.54. The fourth-order valence-electron chi connectivity index (χ4n) is 2.36. The molecule has 0 amide bonds. The van der Waals surface area contributed by atoms with Gasteiger partial charge >= 0.3 is 0 Å². The van der Waals surface area contributed by atoms with Crippen molar-refractivity contribution in [3.63, 3.8) is 0 Å². The predicted molar refractivity (Wildman–Crippen MR) is 95.9 cm³/mol. The molecule has 1 N–H and O–H groups in total. The van der Waals surface area contributed by atoms with Gasteiger partial charge in [0, 0.05) is 39.8 Å². The number of hydrogen-bond donors (Lipinski definition) is 1. The molecule has 0 aromatic rings. The van der Waals surface area contributed by atoms with E-state index < -0.39 is 10.0 Å². The third-order valence-corrected chi connectivity index (χ3v) is 5.45. The van der Waals surface area contributed by atoms with E-state index in [1.807, 2.05) is 20.8 Å². The Kier molecular flexibility index (Phi) is 9.57. The number of aliphatic imine (C=N–C) groups is 1. The van der Waals surface area contributed by atoms with Gasteiger partial charge in [-0.2, -0.15) is 4.31 Å². The van der Waals surface area contributed by atoms with Gasteiger partial charge in [0.15, 0.2) is 5.96 Å². The van der Waals surface area contributed by atoms with Crippen LogP contribution in [-0.2, 0) is 19.5 Å². The van der Waals surface area contributed by atoms with Crippen LogP contribution in [-0.4, -0.2) is 95.0 Å². The number of nitrogens with one attached hydrogen (secondary N) is 1. The monoisotopic (exact) mass is 364 g/mol. The summed E-state index contributed by atoms with van der Waals surface area (Å²) in [5, 5.41) is 3.24. The maximum Gasteiger partial charge on any atom is 0.216 e. The Morgan fingerprint density at radius 2 is 1.88 bits per heavy atom. The molecule has 8 nitrogen and oxygen atoms in total. The van der Waals surface area contributed by atoms with Crippen molar-refractivity contribution in [3.8, 4) is 0 Å². The van der Waals surface area contributed by atoms with Crippen molar-refractivity contribution in [1.82, 2.24) is 14.5 Å². The third-order valence-electron chi connectivity index (χ3n) is 3.62. The smallest absolute Gasteiger partial charge is 0.216 e. The topological polar surface area (TPSA) is 83.5 Å². The van der Waals surface area contributed by atoms with Crippen LogP contribution in [0.2, 0.25) is 0 Å². The van der Waals surface area contributed by atoms with Crippen LogP contribution in [0.4, 0.5) is 0 Å². The van der Waals surface area contributed by atoms with Gasteiger partial charge in [-0.25, -0.2) is 8.42 Å². The molecule has 0 unspecified atom stereocenters. The second kappa shape index (κ2) is 10.9. The van der Waals surface area contributed by atoms with E-state index in [4.69, 9.17) is 9.47 Å². The fraction of sp³-hybridized carbons (Fsp3) is 0.933. The quantitative estimate of drug-likeness (QED) is 0.351. The molecule has 1 fully saturated rings. The lowest BCUT2D eigenvalue weighted by Crippen LogP contribution is -2.54. The molecule has 0 aliphatic carbocycles. The van der Waals surface area contributed by atoms with Crippen LogP contribution < -0.4 is 5.32 Å². The van der Waals surface area contributed by atoms with E-state index in [0.29, 0.717) is 39.3 Å². The van der Waals surface area contributed by atoms with Gasteiger partial charge in [-0.3, -0.25) is 4.99 Å². The molecule has 1 aliphatic rings. The molecule has 9 heteroatoms. The van der Waals surface area contributed by atoms with E-state index in [-0.39, 0.29) is 18.5 Å². The van der Waals surface area contributed by atoms with Gasteiger partial charge in [-0.1, -0.05) is 0 Å². The molecule has 0 atom stereocenters. The number of hydrogen-bond acceptors (Lipinski definition) is 5. The van der Waals surface area contributed by atoms with Gasteiger partial charge in [0.2, 0.25) is 10.0 Å². The Balaban J connectivity index is 2.52. The molecular weight excluding hydrogens is 332 g/mol. The van der Waals surface area contributed by atoms with Crippen molar-refractivity contribution in [3.05, 3.63) is 0 Å². The Morgan fingerprint density at radius 3 is 2.42 bits per heavy atom. The van der Waals surface area contributed by atoms with E-state index in [1.54, 1.807) is 11.4 Å². The molecule has 1 rings (SSSR count). The van der Waals surface area contributed by atoms with Crippen LogP contribution in [0, 0.1) is 0 Å². The molecular formula is C15H32N4O4S. The lowest BCUT2D eigenvalue weighted by atomic mass is 10.4. The first-order valence-corrected chi connectivity index (χ1v) is 10.1. The first-order chi connectivity index (χ1) is 11.4. The second-order valence-corrected chi connectivity index (χ2v) is 7.94. The van der Waals surface area contributed by atoms with Gasteiger partial charge in [0.1, 0.15) is 0 Å². The van der Waals surface area contributed by atoms with Gasteiger partial charge < -0.3 is 19.7 Å². The molecule has 1 heterocycles. The summed E-state index contributed by atoms with van der Waals surface area (Å²) in [4.78, 5) is 6.59. The van der Waals surface area contributed by atoms with E-state index in [9.17, 15) is 8.42 Å². The van der Waals surface area contributed by atoms with Crippen molar-refractivity contribution < 1.29 is 17.9 Å². The normalized spacial score (nSPS) is 17.5. The van der Waals surface area contributed by atoms with Crippen molar-refractivity contribution in [2.75, 3.05) is 65.3 Å². The standard InChI is InChI=1S/C15H32N4O4S/c1-5-16-15(17-6-11-22-4)18-7-9-19(10-8-18)24(20,21)13-12-23-14(2)3/h14H,5-13H2,1-4H3,(H,16,17). The summed E-state index contributed by atoms with van der Waals surface area (Å²) in [6.45, 7) is 10.2. The van der Waals surface area contributed by atoms with Crippen LogP contribution >= 0.6 is 0 Å². The van der Waals surface area contributed by atoms with Crippen LogP contribution in [0.1, 0.15) is 20.8 Å². The predicted octanol–water partition coefficient (Wildman–Crippen LogP) is -0.0293. The minimum atomic E-state index is -3.26. The molecule has 1 saturated heterocycles. The zero-order chi connectivity index (χ0) is 18.0. The highest BCUT2D eigenvalue weighted by molar-refractivity contribution is 7.89. The second-order valence-electron chi connectivity index (χ2n) is 5.85. The molecule has 0 bridgehead atoms. The molecule has 24 heavy (non-hydrogen) atoms. The van der Waals surface area contributed by atoms with Gasteiger partial charge in [0.25, 0.3) is 0 Å². The number of nitrogens with zero attached hydrogens (tertiary/aromatic N) is 3. The molecule has 142 valence electrons.